The first-order valence-electron chi connectivity index (χ1n) is 13.0. The summed E-state index contributed by atoms with van der Waals surface area (Å²) in [6.07, 6.45) is 0.688. The van der Waals surface area contributed by atoms with Crippen LogP contribution in [0.5, 0.6) is 5.75 Å². The second-order valence-electron chi connectivity index (χ2n) is 10.0. The Kier molecular flexibility index (Phi) is 10.2. The van der Waals surface area contributed by atoms with Crippen LogP contribution in [-0.4, -0.2) is 76.6 Å². The van der Waals surface area contributed by atoms with Gasteiger partial charge in [-0.1, -0.05) is 35.3 Å². The molecular weight excluding hydrogens is 564 g/mol. The van der Waals surface area contributed by atoms with Crippen molar-refractivity contribution in [3.63, 3.8) is 0 Å². The third-order valence-electron chi connectivity index (χ3n) is 7.25. The van der Waals surface area contributed by atoms with E-state index >= 15 is 0 Å². The minimum atomic E-state index is -0.978. The number of nitrogens with one attached hydrogen (secondary N) is 2. The lowest BCUT2D eigenvalue weighted by atomic mass is 10.0. The summed E-state index contributed by atoms with van der Waals surface area (Å²) in [5.74, 6) is -1.42. The summed E-state index contributed by atoms with van der Waals surface area (Å²) in [6.45, 7) is 1.03. The zero-order chi connectivity index (χ0) is 28.8. The molecule has 2 aliphatic heterocycles. The summed E-state index contributed by atoms with van der Waals surface area (Å²) in [6, 6.07) is 8.81. The third kappa shape index (κ3) is 7.41. The van der Waals surface area contributed by atoms with E-state index in [1.807, 2.05) is 4.90 Å². The third-order valence-corrected chi connectivity index (χ3v) is 7.99. The summed E-state index contributed by atoms with van der Waals surface area (Å²) >= 11 is 12.1. The van der Waals surface area contributed by atoms with Gasteiger partial charge >= 0.3 is 0 Å². The van der Waals surface area contributed by atoms with Gasteiger partial charge in [-0.2, -0.15) is 0 Å². The van der Waals surface area contributed by atoms with Gasteiger partial charge in [-0.3, -0.25) is 24.5 Å². The topological polar surface area (TPSA) is 137 Å². The van der Waals surface area contributed by atoms with Crippen molar-refractivity contribution in [2.75, 3.05) is 19.7 Å². The van der Waals surface area contributed by atoms with Gasteiger partial charge in [-0.25, -0.2) is 9.87 Å². The van der Waals surface area contributed by atoms with Crippen molar-refractivity contribution < 1.29 is 28.7 Å². The number of fused-ring (bicyclic) bond motifs is 1. The molecule has 0 aliphatic carbocycles. The molecule has 3 amide bonds. The highest BCUT2D eigenvalue weighted by Gasteiger charge is 2.46. The summed E-state index contributed by atoms with van der Waals surface area (Å²) < 4.78 is 19.5. The number of amides is 3. The second-order valence-corrected chi connectivity index (χ2v) is 10.8. The van der Waals surface area contributed by atoms with Crippen molar-refractivity contribution in [1.29, 1.82) is 0 Å². The van der Waals surface area contributed by atoms with Gasteiger partial charge in [-0.15, -0.1) is 0 Å². The molecule has 2 saturated heterocycles. The maximum atomic E-state index is 13.8. The van der Waals surface area contributed by atoms with Gasteiger partial charge in [0.2, 0.25) is 17.7 Å². The van der Waals surface area contributed by atoms with E-state index in [2.05, 4.69) is 5.32 Å². The molecule has 4 atom stereocenters. The number of hydroxylamine groups is 1. The summed E-state index contributed by atoms with van der Waals surface area (Å²) in [5, 5.41) is 12.5. The molecule has 0 saturated carbocycles. The van der Waals surface area contributed by atoms with E-state index in [1.165, 1.54) is 17.0 Å². The molecule has 2 aromatic carbocycles. The number of benzene rings is 2. The molecule has 0 aromatic heterocycles. The van der Waals surface area contributed by atoms with Gasteiger partial charge in [0.05, 0.1) is 16.1 Å². The molecule has 5 N–H and O–H groups in total. The van der Waals surface area contributed by atoms with Gasteiger partial charge in [-0.05, 0) is 49.1 Å². The summed E-state index contributed by atoms with van der Waals surface area (Å²) in [5.41, 5.74) is 8.53. The van der Waals surface area contributed by atoms with E-state index < -0.39 is 29.7 Å². The number of carbonyl (C=O) groups is 3. The fourth-order valence-electron chi connectivity index (χ4n) is 5.24. The van der Waals surface area contributed by atoms with Crippen LogP contribution in [0.3, 0.4) is 0 Å². The van der Waals surface area contributed by atoms with Crippen LogP contribution < -0.4 is 21.3 Å². The molecule has 0 radical (unpaired) electrons. The molecule has 216 valence electrons. The van der Waals surface area contributed by atoms with E-state index in [0.29, 0.717) is 40.7 Å². The van der Waals surface area contributed by atoms with E-state index in [9.17, 15) is 18.8 Å². The molecule has 2 aromatic rings. The molecule has 13 heteroatoms. The second kappa shape index (κ2) is 13.6. The largest absolute Gasteiger partial charge is 0.492 e. The standard InChI is InChI=1S/C27H32Cl2FN5O5/c28-21-5-4-16(10-22(21)29)13-32-26(37)23(6-7-25(36)33-39)34-9-8-19(15-40-20-3-1-2-17(30)11-20)35-14-18(31)12-24(35)27(34)38/h1-5,10-11,18-19,23-24,39H,6-9,12-15,31H2,(H,32,37)(H,33,36)/t18-,19?,23-,24+/m1/s1. The van der Waals surface area contributed by atoms with Crippen LogP contribution in [0.4, 0.5) is 4.39 Å². The van der Waals surface area contributed by atoms with Crippen LogP contribution in [0.1, 0.15) is 31.2 Å². The molecule has 2 heterocycles. The molecule has 4 rings (SSSR count). The normalized spacial score (nSPS) is 21.9. The van der Waals surface area contributed by atoms with Crippen LogP contribution >= 0.6 is 23.2 Å². The average molecular weight is 596 g/mol. The van der Waals surface area contributed by atoms with Crippen molar-refractivity contribution in [3.05, 3.63) is 63.9 Å². The quantitative estimate of drug-likeness (QED) is 0.244. The lowest BCUT2D eigenvalue weighted by molar-refractivity contribution is -0.143. The number of ether oxygens (including phenoxy) is 1. The number of rotatable bonds is 10. The zero-order valence-electron chi connectivity index (χ0n) is 21.7. The maximum Gasteiger partial charge on any atom is 0.243 e. The van der Waals surface area contributed by atoms with Crippen LogP contribution in [0.25, 0.3) is 0 Å². The van der Waals surface area contributed by atoms with Crippen molar-refractivity contribution in [2.45, 2.75) is 56.4 Å². The molecule has 2 aliphatic rings. The van der Waals surface area contributed by atoms with Gasteiger partial charge in [0, 0.05) is 44.2 Å². The number of nitrogens with two attached hydrogens (primary N) is 1. The van der Waals surface area contributed by atoms with Crippen molar-refractivity contribution >= 4 is 40.9 Å². The first-order valence-corrected chi connectivity index (χ1v) is 13.8. The molecule has 2 fully saturated rings. The molecule has 0 bridgehead atoms. The Morgan fingerprint density at radius 3 is 2.73 bits per heavy atom. The van der Waals surface area contributed by atoms with Gasteiger partial charge < -0.3 is 20.7 Å². The lowest BCUT2D eigenvalue weighted by Crippen LogP contribution is -2.53. The summed E-state index contributed by atoms with van der Waals surface area (Å²) in [4.78, 5) is 42.6. The highest BCUT2D eigenvalue weighted by molar-refractivity contribution is 6.42. The van der Waals surface area contributed by atoms with E-state index in [4.69, 9.17) is 38.9 Å². The van der Waals surface area contributed by atoms with Gasteiger partial charge in [0.15, 0.2) is 0 Å². The van der Waals surface area contributed by atoms with E-state index in [0.717, 1.165) is 0 Å². The zero-order valence-corrected chi connectivity index (χ0v) is 23.2. The van der Waals surface area contributed by atoms with Gasteiger partial charge in [0.25, 0.3) is 0 Å². The fraction of sp³-hybridized carbons (Fsp3) is 0.444. The fourth-order valence-corrected chi connectivity index (χ4v) is 5.56. The number of carbonyl (C=O) groups excluding carboxylic acids is 3. The predicted molar refractivity (Wildman–Crippen MR) is 146 cm³/mol. The highest BCUT2D eigenvalue weighted by atomic mass is 35.5. The Balaban J connectivity index is 1.52. The van der Waals surface area contributed by atoms with Gasteiger partial charge in [0.1, 0.15) is 24.2 Å². The lowest BCUT2D eigenvalue weighted by Gasteiger charge is -2.32. The smallest absolute Gasteiger partial charge is 0.243 e. The number of halogens is 3. The van der Waals surface area contributed by atoms with E-state index in [-0.39, 0.29) is 50.5 Å². The first kappa shape index (κ1) is 30.0. The number of nitrogens with zero attached hydrogens (tertiary/aromatic N) is 2. The molecule has 0 spiro atoms. The maximum absolute atomic E-state index is 13.8. The Bertz CT molecular complexity index is 1240. The summed E-state index contributed by atoms with van der Waals surface area (Å²) in [7, 11) is 0. The van der Waals surface area contributed by atoms with Crippen LogP contribution in [0.2, 0.25) is 10.0 Å². The van der Waals surface area contributed by atoms with E-state index in [1.54, 1.807) is 35.8 Å². The van der Waals surface area contributed by atoms with Crippen molar-refractivity contribution in [3.8, 4) is 5.75 Å². The highest BCUT2D eigenvalue weighted by Crippen LogP contribution is 2.29. The molecule has 10 nitrogen and oxygen atoms in total. The average Bonchev–Trinajstić information content (AvgIpc) is 3.28. The SMILES string of the molecule is N[C@@H]1C[C@H]2C(=O)N([C@H](CCC(=O)NO)C(=O)NCc3ccc(Cl)c(Cl)c3)CCC(COc3cccc(F)c3)N2C1. The Hall–Kier alpha value is -2.96. The Morgan fingerprint density at radius 1 is 1.20 bits per heavy atom. The predicted octanol–water partition coefficient (Wildman–Crippen LogP) is 2.48. The van der Waals surface area contributed by atoms with Crippen LogP contribution in [-0.2, 0) is 20.9 Å². The number of hydrogen-bond donors (Lipinski definition) is 4. The van der Waals surface area contributed by atoms with Crippen molar-refractivity contribution in [2.24, 2.45) is 5.73 Å². The molecule has 40 heavy (non-hydrogen) atoms. The van der Waals surface area contributed by atoms with Crippen LogP contribution in [0.15, 0.2) is 42.5 Å². The minimum Gasteiger partial charge on any atom is -0.492 e. The molecule has 1 unspecified atom stereocenters. The van der Waals surface area contributed by atoms with Crippen LogP contribution in [0, 0.1) is 5.82 Å². The molecular formula is C27H32Cl2FN5O5. The first-order chi connectivity index (χ1) is 19.2. The number of hydrogen-bond acceptors (Lipinski definition) is 7. The monoisotopic (exact) mass is 595 g/mol. The Morgan fingerprint density at radius 2 is 2.00 bits per heavy atom. The Labute approximate surface area is 241 Å². The minimum absolute atomic E-state index is 0.00538. The van der Waals surface area contributed by atoms with Crippen molar-refractivity contribution in [1.82, 2.24) is 20.6 Å².